The summed E-state index contributed by atoms with van der Waals surface area (Å²) in [6, 6.07) is 2.67. The molecule has 0 spiro atoms. The highest BCUT2D eigenvalue weighted by atomic mass is 19.4. The van der Waals surface area contributed by atoms with Crippen molar-refractivity contribution in [1.29, 1.82) is 0 Å². The summed E-state index contributed by atoms with van der Waals surface area (Å²) < 4.78 is 83.8. The summed E-state index contributed by atoms with van der Waals surface area (Å²) in [5, 5.41) is 3.98. The number of epoxide rings is 1. The fraction of sp³-hybridized carbons (Fsp3) is 0.438. The zero-order valence-electron chi connectivity index (χ0n) is 14.0. The second-order valence-corrected chi connectivity index (χ2v) is 6.60. The van der Waals surface area contributed by atoms with Gasteiger partial charge in [0.1, 0.15) is 13.0 Å². The molecule has 2 aromatic rings. The number of ether oxygens (including phenoxy) is 1. The number of likely N-dealkylation sites (tertiary alicyclic amines) is 1. The zero-order valence-corrected chi connectivity index (χ0v) is 14.0. The van der Waals surface area contributed by atoms with Crippen molar-refractivity contribution in [2.45, 2.75) is 31.1 Å². The van der Waals surface area contributed by atoms with Crippen molar-refractivity contribution in [3.05, 3.63) is 35.7 Å². The van der Waals surface area contributed by atoms with Crippen molar-refractivity contribution in [3.63, 3.8) is 0 Å². The topological polar surface area (TPSA) is 63.6 Å². The van der Waals surface area contributed by atoms with Gasteiger partial charge in [-0.15, -0.1) is 5.10 Å². The monoisotopic (exact) mass is 406 g/mol. The Bertz CT molecular complexity index is 920. The summed E-state index contributed by atoms with van der Waals surface area (Å²) >= 11 is 0. The van der Waals surface area contributed by atoms with Crippen LogP contribution in [-0.2, 0) is 22.4 Å². The first-order chi connectivity index (χ1) is 13.1. The zero-order chi connectivity index (χ0) is 20.3. The average Bonchev–Trinajstić information content (AvgIpc) is 3.26. The normalized spacial score (nSPS) is 23.4. The second-order valence-electron chi connectivity index (χ2n) is 6.60. The third-order valence-corrected chi connectivity index (χ3v) is 4.37. The van der Waals surface area contributed by atoms with Gasteiger partial charge in [0, 0.05) is 5.56 Å². The molecule has 2 aliphatic rings. The van der Waals surface area contributed by atoms with Gasteiger partial charge in [0.2, 0.25) is 0 Å². The van der Waals surface area contributed by atoms with Crippen molar-refractivity contribution in [2.75, 3.05) is 13.1 Å². The fourth-order valence-electron chi connectivity index (χ4n) is 2.93. The molecule has 150 valence electrons. The van der Waals surface area contributed by atoms with Crippen LogP contribution in [0.3, 0.4) is 0 Å². The minimum absolute atomic E-state index is 0.0489. The van der Waals surface area contributed by atoms with E-state index < -0.39 is 55.7 Å². The molecule has 0 saturated carbocycles. The highest BCUT2D eigenvalue weighted by Gasteiger charge is 2.55. The van der Waals surface area contributed by atoms with Gasteiger partial charge in [0.05, 0.1) is 18.7 Å². The lowest BCUT2D eigenvalue weighted by molar-refractivity contribution is -0.166. The first-order valence-corrected chi connectivity index (χ1v) is 8.08. The van der Waals surface area contributed by atoms with Crippen LogP contribution < -0.4 is 0 Å². The average molecular weight is 406 g/mol. The number of aromatic nitrogens is 3. The summed E-state index contributed by atoms with van der Waals surface area (Å²) in [5.74, 6) is -3.64. The van der Waals surface area contributed by atoms with E-state index in [2.05, 4.69) is 10.1 Å². The van der Waals surface area contributed by atoms with Crippen molar-refractivity contribution in [3.8, 4) is 11.4 Å². The highest BCUT2D eigenvalue weighted by molar-refractivity contribution is 5.84. The van der Waals surface area contributed by atoms with Crippen LogP contribution in [0.25, 0.3) is 11.4 Å². The van der Waals surface area contributed by atoms with Gasteiger partial charge in [-0.3, -0.25) is 4.79 Å². The minimum atomic E-state index is -4.67. The number of carbonyl (C=O) groups is 1. The molecule has 0 bridgehead atoms. The number of hydrogen-bond acceptors (Lipinski definition) is 4. The Balaban J connectivity index is 1.51. The van der Waals surface area contributed by atoms with Crippen LogP contribution >= 0.6 is 0 Å². The predicted molar refractivity (Wildman–Crippen MR) is 80.7 cm³/mol. The van der Waals surface area contributed by atoms with Crippen molar-refractivity contribution in [1.82, 2.24) is 19.7 Å². The Morgan fingerprint density at radius 2 is 1.96 bits per heavy atom. The molecule has 0 N–H and O–H groups in total. The molecular formula is C16H12F6N4O2. The molecule has 2 fully saturated rings. The maximum absolute atomic E-state index is 13.0. The molecule has 1 aromatic carbocycles. The molecule has 28 heavy (non-hydrogen) atoms. The van der Waals surface area contributed by atoms with Gasteiger partial charge in [0.15, 0.2) is 18.2 Å². The number of halogens is 6. The van der Waals surface area contributed by atoms with Crippen LogP contribution in [0.2, 0.25) is 0 Å². The van der Waals surface area contributed by atoms with Crippen LogP contribution in [0.15, 0.2) is 24.5 Å². The number of carbonyl (C=O) groups excluding carboxylic acids is 1. The molecule has 0 aliphatic carbocycles. The highest BCUT2D eigenvalue weighted by Crippen LogP contribution is 2.38. The molecule has 12 heteroatoms. The van der Waals surface area contributed by atoms with Gasteiger partial charge in [-0.2, -0.15) is 13.2 Å². The molecular weight excluding hydrogens is 394 g/mol. The minimum Gasteiger partial charge on any atom is -0.335 e. The van der Waals surface area contributed by atoms with Gasteiger partial charge >= 0.3 is 6.18 Å². The lowest BCUT2D eigenvalue weighted by Gasteiger charge is -2.38. The molecule has 2 atom stereocenters. The first kappa shape index (κ1) is 18.7. The van der Waals surface area contributed by atoms with E-state index in [4.69, 9.17) is 4.74 Å². The Kier molecular flexibility index (Phi) is 4.14. The third kappa shape index (κ3) is 3.43. The van der Waals surface area contributed by atoms with Crippen LogP contribution in [0.5, 0.6) is 0 Å². The lowest BCUT2D eigenvalue weighted by atomic mass is 10.1. The van der Waals surface area contributed by atoms with Crippen molar-refractivity contribution < 1.29 is 35.9 Å². The quantitative estimate of drug-likeness (QED) is 0.579. The van der Waals surface area contributed by atoms with Gasteiger partial charge < -0.3 is 9.64 Å². The lowest BCUT2D eigenvalue weighted by Crippen LogP contribution is -2.59. The number of rotatable bonds is 4. The van der Waals surface area contributed by atoms with Gasteiger partial charge in [-0.05, 0) is 23.8 Å². The smallest absolute Gasteiger partial charge is 0.335 e. The standard InChI is InChI=1S/C16H12F6N4O2/c17-4-8-1-9(3-10(2-8)16(20,21)22)12-23-7-26(24-12)14-11(28-14)13(27)25-5-15(18,19)6-25/h1-3,7,11,14H,4-6H2. The maximum Gasteiger partial charge on any atom is 0.416 e. The number of hydrogen-bond donors (Lipinski definition) is 0. The Hall–Kier alpha value is -2.63. The molecule has 0 radical (unpaired) electrons. The maximum atomic E-state index is 13.0. The summed E-state index contributed by atoms with van der Waals surface area (Å²) in [7, 11) is 0. The summed E-state index contributed by atoms with van der Waals surface area (Å²) in [5.41, 5.74) is -1.27. The molecule has 3 heterocycles. The summed E-state index contributed by atoms with van der Waals surface area (Å²) in [6.45, 7) is -2.46. The SMILES string of the molecule is O=C(C1OC1n1cnc(-c2cc(CF)cc(C(F)(F)F)c2)n1)N1CC(F)(F)C1. The molecule has 2 saturated heterocycles. The van der Waals surface area contributed by atoms with Crippen molar-refractivity contribution in [2.24, 2.45) is 0 Å². The van der Waals surface area contributed by atoms with E-state index in [9.17, 15) is 31.1 Å². The van der Waals surface area contributed by atoms with Crippen LogP contribution in [0, 0.1) is 0 Å². The Morgan fingerprint density at radius 1 is 1.25 bits per heavy atom. The van der Waals surface area contributed by atoms with Gasteiger partial charge in [0.25, 0.3) is 11.8 Å². The van der Waals surface area contributed by atoms with E-state index in [1.807, 2.05) is 0 Å². The predicted octanol–water partition coefficient (Wildman–Crippen LogP) is 2.81. The molecule has 1 aromatic heterocycles. The summed E-state index contributed by atoms with van der Waals surface area (Å²) in [6.07, 6.45) is -5.41. The fourth-order valence-corrected chi connectivity index (χ4v) is 2.93. The van der Waals surface area contributed by atoms with Gasteiger partial charge in [-0.1, -0.05) is 0 Å². The van der Waals surface area contributed by atoms with E-state index in [0.29, 0.717) is 6.07 Å². The Morgan fingerprint density at radius 3 is 2.57 bits per heavy atom. The van der Waals surface area contributed by atoms with Crippen LogP contribution in [0.1, 0.15) is 17.4 Å². The van der Waals surface area contributed by atoms with E-state index in [-0.39, 0.29) is 17.0 Å². The molecule has 6 nitrogen and oxygen atoms in total. The van der Waals surface area contributed by atoms with E-state index >= 15 is 0 Å². The largest absolute Gasteiger partial charge is 0.416 e. The Labute approximate surface area is 153 Å². The molecule has 4 rings (SSSR count). The van der Waals surface area contributed by atoms with E-state index in [0.717, 1.165) is 22.0 Å². The van der Waals surface area contributed by atoms with E-state index in [1.165, 1.54) is 6.07 Å². The van der Waals surface area contributed by atoms with E-state index in [1.54, 1.807) is 0 Å². The molecule has 1 amide bonds. The summed E-state index contributed by atoms with van der Waals surface area (Å²) in [4.78, 5) is 16.8. The number of nitrogens with zero attached hydrogens (tertiary/aromatic N) is 4. The molecule has 2 unspecified atom stereocenters. The van der Waals surface area contributed by atoms with Crippen LogP contribution in [-0.4, -0.2) is 50.7 Å². The number of alkyl halides is 6. The second kappa shape index (κ2) is 6.19. The molecule has 2 aliphatic heterocycles. The first-order valence-electron chi connectivity index (χ1n) is 8.08. The number of amides is 1. The van der Waals surface area contributed by atoms with Crippen LogP contribution in [0.4, 0.5) is 26.3 Å². The van der Waals surface area contributed by atoms with Gasteiger partial charge in [-0.25, -0.2) is 22.8 Å². The van der Waals surface area contributed by atoms with Crippen molar-refractivity contribution >= 4 is 5.91 Å². The third-order valence-electron chi connectivity index (χ3n) is 4.37. The number of benzene rings is 1.